The number of amides is 3. The van der Waals surface area contributed by atoms with Gasteiger partial charge in [-0.2, -0.15) is 0 Å². The molecule has 0 aliphatic rings. The number of anilines is 2. The fourth-order valence-corrected chi connectivity index (χ4v) is 5.26. The molecular formula is C36H34ClN3O5S. The summed E-state index contributed by atoms with van der Waals surface area (Å²) < 4.78 is 5.22. The Morgan fingerprint density at radius 1 is 0.826 bits per heavy atom. The Hall–Kier alpha value is -4.86. The van der Waals surface area contributed by atoms with Gasteiger partial charge in [-0.15, -0.1) is 11.8 Å². The Morgan fingerprint density at radius 2 is 1.57 bits per heavy atom. The molecule has 0 saturated heterocycles. The topological polar surface area (TPSA) is 114 Å². The molecule has 0 fully saturated rings. The van der Waals surface area contributed by atoms with Gasteiger partial charge in [0.15, 0.2) is 0 Å². The molecule has 0 aromatic heterocycles. The molecule has 1 unspecified atom stereocenters. The van der Waals surface area contributed by atoms with Crippen molar-refractivity contribution in [2.24, 2.45) is 0 Å². The Bertz CT molecular complexity index is 1710. The van der Waals surface area contributed by atoms with Gasteiger partial charge < -0.3 is 20.7 Å². The van der Waals surface area contributed by atoms with E-state index >= 15 is 0 Å². The number of benzene rings is 4. The molecule has 0 heterocycles. The molecule has 236 valence electrons. The number of nitrogens with one attached hydrogen (secondary N) is 3. The molecule has 4 aromatic rings. The summed E-state index contributed by atoms with van der Waals surface area (Å²) in [5.41, 5.74) is 2.52. The number of unbranched alkanes of at least 4 members (excludes halogenated alkanes) is 1. The van der Waals surface area contributed by atoms with E-state index in [2.05, 4.69) is 16.0 Å². The van der Waals surface area contributed by atoms with Gasteiger partial charge in [-0.25, -0.2) is 4.79 Å². The van der Waals surface area contributed by atoms with E-state index in [0.29, 0.717) is 39.7 Å². The summed E-state index contributed by atoms with van der Waals surface area (Å²) >= 11 is 7.45. The number of halogens is 1. The maximum atomic E-state index is 13.4. The van der Waals surface area contributed by atoms with Gasteiger partial charge in [-0.05, 0) is 91.7 Å². The fourth-order valence-electron chi connectivity index (χ4n) is 4.13. The van der Waals surface area contributed by atoms with Crippen LogP contribution in [-0.4, -0.2) is 35.5 Å². The van der Waals surface area contributed by atoms with Crippen molar-refractivity contribution < 1.29 is 23.9 Å². The normalized spacial score (nSPS) is 11.7. The minimum absolute atomic E-state index is 0.0298. The Kier molecular flexibility index (Phi) is 12.6. The van der Waals surface area contributed by atoms with E-state index in [0.717, 1.165) is 17.7 Å². The van der Waals surface area contributed by atoms with E-state index in [9.17, 15) is 19.2 Å². The summed E-state index contributed by atoms with van der Waals surface area (Å²) in [5.74, 6) is -1.59. The molecular weight excluding hydrogens is 622 g/mol. The Balaban J connectivity index is 1.40. The van der Waals surface area contributed by atoms with Gasteiger partial charge >= 0.3 is 5.97 Å². The molecule has 0 saturated carbocycles. The summed E-state index contributed by atoms with van der Waals surface area (Å²) in [7, 11) is 0. The maximum Gasteiger partial charge on any atom is 0.338 e. The highest BCUT2D eigenvalue weighted by Crippen LogP contribution is 2.27. The van der Waals surface area contributed by atoms with E-state index in [4.69, 9.17) is 16.3 Å². The standard InChI is InChI=1S/C36H34ClN3O5S/c1-3-4-20-45-36(44)27-16-18-29(19-17-27)38-33(41)24(2)46-31-15-9-14-30(23-31)39-35(43)32(22-25-10-8-13-28(37)21-25)40-34(42)26-11-6-5-7-12-26/h5-19,21-24H,3-4,20H2,1-2H3,(H,38,41)(H,39,43)(H,40,42)/b32-22-. The predicted molar refractivity (Wildman–Crippen MR) is 184 cm³/mol. The lowest BCUT2D eigenvalue weighted by atomic mass is 10.1. The lowest BCUT2D eigenvalue weighted by molar-refractivity contribution is -0.115. The molecule has 4 rings (SSSR count). The first-order chi connectivity index (χ1) is 22.2. The van der Waals surface area contributed by atoms with Crippen LogP contribution in [-0.2, 0) is 14.3 Å². The molecule has 0 bridgehead atoms. The Labute approximate surface area is 277 Å². The molecule has 0 aliphatic carbocycles. The predicted octanol–water partition coefficient (Wildman–Crippen LogP) is 7.83. The van der Waals surface area contributed by atoms with Crippen molar-refractivity contribution in [1.29, 1.82) is 0 Å². The van der Waals surface area contributed by atoms with E-state index in [1.165, 1.54) is 11.8 Å². The van der Waals surface area contributed by atoms with Crippen molar-refractivity contribution in [2.75, 3.05) is 17.2 Å². The number of esters is 1. The van der Waals surface area contributed by atoms with Crippen LogP contribution < -0.4 is 16.0 Å². The number of carbonyl (C=O) groups is 4. The van der Waals surface area contributed by atoms with E-state index in [1.807, 2.05) is 13.0 Å². The minimum atomic E-state index is -0.533. The SMILES string of the molecule is CCCCOC(=O)c1ccc(NC(=O)C(C)Sc2cccc(NC(=O)/C(=C/c3cccc(Cl)c3)NC(=O)c3ccccc3)c2)cc1. The van der Waals surface area contributed by atoms with Crippen LogP contribution in [0.3, 0.4) is 0 Å². The smallest absolute Gasteiger partial charge is 0.338 e. The molecule has 0 radical (unpaired) electrons. The van der Waals surface area contributed by atoms with Gasteiger partial charge in [0.1, 0.15) is 5.70 Å². The van der Waals surface area contributed by atoms with Crippen LogP contribution in [0.25, 0.3) is 6.08 Å². The van der Waals surface area contributed by atoms with Crippen molar-refractivity contribution in [1.82, 2.24) is 5.32 Å². The highest BCUT2D eigenvalue weighted by molar-refractivity contribution is 8.00. The second-order valence-electron chi connectivity index (χ2n) is 10.2. The molecule has 0 spiro atoms. The number of hydrogen-bond acceptors (Lipinski definition) is 6. The highest BCUT2D eigenvalue weighted by atomic mass is 35.5. The van der Waals surface area contributed by atoms with Gasteiger partial charge in [-0.3, -0.25) is 14.4 Å². The first-order valence-corrected chi connectivity index (χ1v) is 16.0. The van der Waals surface area contributed by atoms with Crippen molar-refractivity contribution in [3.05, 3.63) is 131 Å². The third kappa shape index (κ3) is 10.4. The molecule has 4 aromatic carbocycles. The second-order valence-corrected chi connectivity index (χ2v) is 12.1. The highest BCUT2D eigenvalue weighted by Gasteiger charge is 2.18. The summed E-state index contributed by atoms with van der Waals surface area (Å²) in [6, 6.07) is 29.1. The summed E-state index contributed by atoms with van der Waals surface area (Å²) in [6.07, 6.45) is 3.29. The lowest BCUT2D eigenvalue weighted by Crippen LogP contribution is -2.30. The van der Waals surface area contributed by atoms with Crippen LogP contribution in [0, 0.1) is 0 Å². The monoisotopic (exact) mass is 655 g/mol. The number of thioether (sulfide) groups is 1. The number of rotatable bonds is 13. The molecule has 0 aliphatic heterocycles. The molecule has 1 atom stereocenters. The van der Waals surface area contributed by atoms with Gasteiger partial charge in [0.25, 0.3) is 11.8 Å². The average molecular weight is 656 g/mol. The van der Waals surface area contributed by atoms with Crippen LogP contribution >= 0.6 is 23.4 Å². The Morgan fingerprint density at radius 3 is 2.28 bits per heavy atom. The van der Waals surface area contributed by atoms with Crippen molar-refractivity contribution >= 4 is 64.5 Å². The molecule has 3 N–H and O–H groups in total. The summed E-state index contributed by atoms with van der Waals surface area (Å²) in [5, 5.41) is 8.43. The van der Waals surface area contributed by atoms with Crippen LogP contribution in [0.5, 0.6) is 0 Å². The molecule has 46 heavy (non-hydrogen) atoms. The van der Waals surface area contributed by atoms with Crippen LogP contribution in [0.1, 0.15) is 53.0 Å². The van der Waals surface area contributed by atoms with Gasteiger partial charge in [0, 0.05) is 26.9 Å². The van der Waals surface area contributed by atoms with Crippen LogP contribution in [0.2, 0.25) is 5.02 Å². The van der Waals surface area contributed by atoms with Crippen LogP contribution in [0.15, 0.2) is 114 Å². The molecule has 10 heteroatoms. The van der Waals surface area contributed by atoms with Crippen molar-refractivity contribution in [2.45, 2.75) is 36.8 Å². The third-order valence-corrected chi connectivity index (χ3v) is 7.91. The number of carbonyl (C=O) groups excluding carboxylic acids is 4. The van der Waals surface area contributed by atoms with Crippen molar-refractivity contribution in [3.63, 3.8) is 0 Å². The van der Waals surface area contributed by atoms with Gasteiger partial charge in [-0.1, -0.05) is 61.3 Å². The largest absolute Gasteiger partial charge is 0.462 e. The quantitative estimate of drug-likeness (QED) is 0.0586. The zero-order valence-corrected chi connectivity index (χ0v) is 27.0. The first kappa shape index (κ1) is 34.0. The molecule has 3 amide bonds. The van der Waals surface area contributed by atoms with E-state index < -0.39 is 23.0 Å². The average Bonchev–Trinajstić information content (AvgIpc) is 3.05. The number of hydrogen-bond donors (Lipinski definition) is 3. The fraction of sp³-hybridized carbons (Fsp3) is 0.167. The lowest BCUT2D eigenvalue weighted by Gasteiger charge is -2.14. The zero-order valence-electron chi connectivity index (χ0n) is 25.4. The summed E-state index contributed by atoms with van der Waals surface area (Å²) in [6.45, 7) is 4.17. The van der Waals surface area contributed by atoms with Gasteiger partial charge in [0.05, 0.1) is 17.4 Å². The van der Waals surface area contributed by atoms with Crippen LogP contribution in [0.4, 0.5) is 11.4 Å². The number of ether oxygens (including phenoxy) is 1. The second kappa shape index (κ2) is 17.0. The molecule has 8 nitrogen and oxygen atoms in total. The minimum Gasteiger partial charge on any atom is -0.462 e. The third-order valence-electron chi connectivity index (χ3n) is 6.58. The zero-order chi connectivity index (χ0) is 32.9. The summed E-state index contributed by atoms with van der Waals surface area (Å²) in [4.78, 5) is 52.1. The van der Waals surface area contributed by atoms with E-state index in [1.54, 1.807) is 110 Å². The van der Waals surface area contributed by atoms with Crippen molar-refractivity contribution in [3.8, 4) is 0 Å². The van der Waals surface area contributed by atoms with Gasteiger partial charge in [0.2, 0.25) is 5.91 Å². The first-order valence-electron chi connectivity index (χ1n) is 14.7. The maximum absolute atomic E-state index is 13.4. The van der Waals surface area contributed by atoms with E-state index in [-0.39, 0.29) is 11.6 Å².